The van der Waals surface area contributed by atoms with Gasteiger partial charge in [-0.2, -0.15) is 0 Å². The summed E-state index contributed by atoms with van der Waals surface area (Å²) in [7, 11) is 0. The van der Waals surface area contributed by atoms with Crippen LogP contribution in [-0.4, -0.2) is 43.4 Å². The first-order valence-corrected chi connectivity index (χ1v) is 12.7. The number of alkyl halides is 3. The Labute approximate surface area is 225 Å². The number of carbonyl (C=O) groups is 2. The van der Waals surface area contributed by atoms with Crippen LogP contribution in [0.1, 0.15) is 39.5 Å². The van der Waals surface area contributed by atoms with Gasteiger partial charge in [0.05, 0.1) is 12.6 Å². The molecule has 0 aliphatic heterocycles. The highest BCUT2D eigenvalue weighted by molar-refractivity contribution is 7.15. The minimum atomic E-state index is -4.80. The average molecular weight is 560 g/mol. The number of nitrogens with zero attached hydrogens (tertiary/aromatic N) is 5. The van der Waals surface area contributed by atoms with Crippen LogP contribution in [0, 0.1) is 0 Å². The van der Waals surface area contributed by atoms with Crippen LogP contribution in [-0.2, 0) is 30.7 Å². The number of aryl methyl sites for hydroxylation is 2. The predicted molar refractivity (Wildman–Crippen MR) is 136 cm³/mol. The Kier molecular flexibility index (Phi) is 9.20. The van der Waals surface area contributed by atoms with E-state index in [2.05, 4.69) is 35.9 Å². The number of rotatable bonds is 12. The van der Waals surface area contributed by atoms with Gasteiger partial charge in [-0.25, -0.2) is 0 Å². The summed E-state index contributed by atoms with van der Waals surface area (Å²) in [6.07, 6.45) is -1.20. The van der Waals surface area contributed by atoms with Crippen molar-refractivity contribution in [3.8, 4) is 5.75 Å². The van der Waals surface area contributed by atoms with Gasteiger partial charge in [-0.05, 0) is 36.1 Å². The van der Waals surface area contributed by atoms with Crippen LogP contribution < -0.4 is 15.4 Å². The SMILES string of the molecule is O=C(Cc1cccc(OC(F)(F)F)c1)Nc1nnc(CCCCn2cc(C(=O)NCc3ccccc3)nn2)s1. The van der Waals surface area contributed by atoms with Crippen LogP contribution in [0.25, 0.3) is 0 Å². The first-order valence-electron chi connectivity index (χ1n) is 11.9. The molecule has 14 heteroatoms. The van der Waals surface area contributed by atoms with E-state index in [1.165, 1.54) is 23.5 Å². The number of carbonyl (C=O) groups excluding carboxylic acids is 2. The van der Waals surface area contributed by atoms with Gasteiger partial charge in [0.25, 0.3) is 5.91 Å². The molecule has 0 aliphatic rings. The number of aromatic nitrogens is 5. The Morgan fingerprint density at radius 1 is 0.974 bits per heavy atom. The van der Waals surface area contributed by atoms with Crippen molar-refractivity contribution in [3.05, 3.63) is 82.6 Å². The fraction of sp³-hybridized carbons (Fsp3) is 0.280. The molecule has 0 bridgehead atoms. The zero-order chi connectivity index (χ0) is 27.7. The summed E-state index contributed by atoms with van der Waals surface area (Å²) in [6.45, 7) is 0.972. The number of anilines is 1. The minimum absolute atomic E-state index is 0.145. The van der Waals surface area contributed by atoms with Gasteiger partial charge in [-0.15, -0.1) is 28.5 Å². The summed E-state index contributed by atoms with van der Waals surface area (Å²) < 4.78 is 42.7. The molecular weight excluding hydrogens is 535 g/mol. The highest BCUT2D eigenvalue weighted by Gasteiger charge is 2.31. The highest BCUT2D eigenvalue weighted by atomic mass is 32.1. The molecule has 10 nitrogen and oxygen atoms in total. The molecule has 0 atom stereocenters. The lowest BCUT2D eigenvalue weighted by molar-refractivity contribution is -0.274. The van der Waals surface area contributed by atoms with Gasteiger partial charge in [-0.3, -0.25) is 14.3 Å². The molecule has 2 aromatic heterocycles. The Morgan fingerprint density at radius 2 is 1.77 bits per heavy atom. The lowest BCUT2D eigenvalue weighted by Crippen LogP contribution is -2.23. The molecule has 0 saturated heterocycles. The second kappa shape index (κ2) is 13.0. The van der Waals surface area contributed by atoms with Crippen LogP contribution in [0.4, 0.5) is 18.3 Å². The van der Waals surface area contributed by atoms with E-state index in [1.54, 1.807) is 10.9 Å². The molecule has 39 heavy (non-hydrogen) atoms. The van der Waals surface area contributed by atoms with E-state index < -0.39 is 12.3 Å². The third-order valence-corrected chi connectivity index (χ3v) is 6.20. The van der Waals surface area contributed by atoms with E-state index in [4.69, 9.17) is 0 Å². The van der Waals surface area contributed by atoms with Crippen molar-refractivity contribution in [1.82, 2.24) is 30.5 Å². The number of amides is 2. The van der Waals surface area contributed by atoms with Crippen molar-refractivity contribution in [3.63, 3.8) is 0 Å². The van der Waals surface area contributed by atoms with Crippen LogP contribution in [0.2, 0.25) is 0 Å². The molecule has 0 aliphatic carbocycles. The van der Waals surface area contributed by atoms with Crippen molar-refractivity contribution in [2.75, 3.05) is 5.32 Å². The third kappa shape index (κ3) is 9.17. The van der Waals surface area contributed by atoms with Crippen LogP contribution in [0.3, 0.4) is 0 Å². The molecule has 2 heterocycles. The maximum Gasteiger partial charge on any atom is 0.573 e. The second-order valence-electron chi connectivity index (χ2n) is 8.41. The first-order chi connectivity index (χ1) is 18.7. The Bertz CT molecular complexity index is 1390. The van der Waals surface area contributed by atoms with Crippen LogP contribution in [0.15, 0.2) is 60.8 Å². The Balaban J connectivity index is 1.16. The number of benzene rings is 2. The number of hydrogen-bond donors (Lipinski definition) is 2. The van der Waals surface area contributed by atoms with Crippen molar-refractivity contribution in [2.24, 2.45) is 0 Å². The average Bonchev–Trinajstić information content (AvgIpc) is 3.54. The van der Waals surface area contributed by atoms with Crippen molar-refractivity contribution >= 4 is 28.3 Å². The maximum atomic E-state index is 12.4. The Morgan fingerprint density at radius 3 is 2.56 bits per heavy atom. The van der Waals surface area contributed by atoms with E-state index in [1.807, 2.05) is 30.3 Å². The molecule has 0 fully saturated rings. The number of unbranched alkanes of at least 4 members (excludes halogenated alkanes) is 1. The summed E-state index contributed by atoms with van der Waals surface area (Å²) in [5, 5.41) is 22.4. The molecule has 2 N–H and O–H groups in total. The number of hydrogen-bond acceptors (Lipinski definition) is 8. The summed E-state index contributed by atoms with van der Waals surface area (Å²) in [6, 6.07) is 14.8. The van der Waals surface area contributed by atoms with Crippen molar-refractivity contribution < 1.29 is 27.5 Å². The van der Waals surface area contributed by atoms with E-state index in [0.29, 0.717) is 30.2 Å². The molecule has 0 spiro atoms. The van der Waals surface area contributed by atoms with E-state index in [-0.39, 0.29) is 23.8 Å². The number of ether oxygens (including phenoxy) is 1. The molecule has 204 valence electrons. The summed E-state index contributed by atoms with van der Waals surface area (Å²) in [5.41, 5.74) is 1.60. The fourth-order valence-electron chi connectivity index (χ4n) is 3.54. The van der Waals surface area contributed by atoms with E-state index >= 15 is 0 Å². The fourth-order valence-corrected chi connectivity index (χ4v) is 4.33. The lowest BCUT2D eigenvalue weighted by atomic mass is 10.1. The zero-order valence-corrected chi connectivity index (χ0v) is 21.3. The second-order valence-corrected chi connectivity index (χ2v) is 9.48. The standard InChI is InChI=1S/C25H24F3N7O3S/c26-25(27,28)38-19-10-6-9-18(13-19)14-21(36)30-24-33-32-22(39-24)11-4-5-12-35-16-20(31-34-35)23(37)29-15-17-7-2-1-3-8-17/h1-3,6-10,13,16H,4-5,11-12,14-15H2,(H,29,37)(H,30,33,36). The van der Waals surface area contributed by atoms with Gasteiger partial charge in [0.2, 0.25) is 11.0 Å². The molecule has 0 radical (unpaired) electrons. The van der Waals surface area contributed by atoms with E-state index in [0.717, 1.165) is 35.5 Å². The lowest BCUT2D eigenvalue weighted by Gasteiger charge is -2.09. The summed E-state index contributed by atoms with van der Waals surface area (Å²) in [4.78, 5) is 24.6. The third-order valence-electron chi connectivity index (χ3n) is 5.30. The molecule has 4 rings (SSSR count). The largest absolute Gasteiger partial charge is 0.573 e. The Hall–Kier alpha value is -4.33. The van der Waals surface area contributed by atoms with Gasteiger partial charge in [0.1, 0.15) is 10.8 Å². The quantitative estimate of drug-likeness (QED) is 0.250. The van der Waals surface area contributed by atoms with Gasteiger partial charge in [0, 0.05) is 19.5 Å². The van der Waals surface area contributed by atoms with Crippen LogP contribution in [0.5, 0.6) is 5.75 Å². The number of nitrogens with one attached hydrogen (secondary N) is 2. The first kappa shape index (κ1) is 27.7. The van der Waals surface area contributed by atoms with Gasteiger partial charge >= 0.3 is 6.36 Å². The highest BCUT2D eigenvalue weighted by Crippen LogP contribution is 2.24. The monoisotopic (exact) mass is 559 g/mol. The summed E-state index contributed by atoms with van der Waals surface area (Å²) in [5.74, 6) is -1.12. The van der Waals surface area contributed by atoms with E-state index in [9.17, 15) is 22.8 Å². The molecule has 0 saturated carbocycles. The van der Waals surface area contributed by atoms with Gasteiger partial charge in [-0.1, -0.05) is 59.0 Å². The van der Waals surface area contributed by atoms with Gasteiger partial charge in [0.15, 0.2) is 5.69 Å². The van der Waals surface area contributed by atoms with Crippen LogP contribution >= 0.6 is 11.3 Å². The minimum Gasteiger partial charge on any atom is -0.406 e. The van der Waals surface area contributed by atoms with Gasteiger partial charge < -0.3 is 15.4 Å². The molecule has 2 aromatic carbocycles. The predicted octanol–water partition coefficient (Wildman–Crippen LogP) is 4.16. The van der Waals surface area contributed by atoms with Crippen molar-refractivity contribution in [1.29, 1.82) is 0 Å². The topological polar surface area (TPSA) is 124 Å². The molecule has 4 aromatic rings. The van der Waals surface area contributed by atoms with Crippen molar-refractivity contribution in [2.45, 2.75) is 45.1 Å². The smallest absolute Gasteiger partial charge is 0.406 e. The molecular formula is C25H24F3N7O3S. The molecule has 2 amide bonds. The number of halogens is 3. The normalized spacial score (nSPS) is 11.3. The maximum absolute atomic E-state index is 12.4. The molecule has 0 unspecified atom stereocenters. The zero-order valence-electron chi connectivity index (χ0n) is 20.5. The summed E-state index contributed by atoms with van der Waals surface area (Å²) >= 11 is 1.23.